The van der Waals surface area contributed by atoms with Gasteiger partial charge in [0.1, 0.15) is 6.61 Å². The van der Waals surface area contributed by atoms with Crippen LogP contribution in [0.2, 0.25) is 0 Å². The van der Waals surface area contributed by atoms with Crippen LogP contribution in [-0.4, -0.2) is 65.4 Å². The van der Waals surface area contributed by atoms with Gasteiger partial charge in [-0.2, -0.15) is 0 Å². The summed E-state index contributed by atoms with van der Waals surface area (Å²) in [5, 5.41) is 21.8. The maximum absolute atomic E-state index is 12.7. The monoisotopic (exact) mass is 466 g/mol. The fraction of sp³-hybridized carbons (Fsp3) is 0.423. The zero-order chi connectivity index (χ0) is 24.2. The number of benzene rings is 2. The third-order valence-corrected chi connectivity index (χ3v) is 6.70. The Hall–Kier alpha value is -3.39. The van der Waals surface area contributed by atoms with E-state index in [2.05, 4.69) is 29.6 Å². The van der Waals surface area contributed by atoms with E-state index in [1.54, 1.807) is 6.92 Å². The second-order valence-electron chi connectivity index (χ2n) is 9.11. The Labute approximate surface area is 198 Å². The first-order valence-electron chi connectivity index (χ1n) is 11.6. The molecule has 180 valence electrons. The van der Waals surface area contributed by atoms with Crippen molar-refractivity contribution < 1.29 is 29.3 Å². The summed E-state index contributed by atoms with van der Waals surface area (Å²) in [6.07, 6.45) is -0.852. The molecule has 2 amide bonds. The molecule has 0 bridgehead atoms. The number of piperidine rings is 1. The first-order valence-corrected chi connectivity index (χ1v) is 11.6. The number of aliphatic hydroxyl groups excluding tert-OH is 1. The van der Waals surface area contributed by atoms with Crippen LogP contribution in [0.25, 0.3) is 11.1 Å². The van der Waals surface area contributed by atoms with Gasteiger partial charge in [-0.15, -0.1) is 0 Å². The molecule has 0 spiro atoms. The fourth-order valence-corrected chi connectivity index (χ4v) is 4.91. The van der Waals surface area contributed by atoms with Crippen molar-refractivity contribution in [2.45, 2.75) is 31.8 Å². The highest BCUT2D eigenvalue weighted by molar-refractivity contribution is 5.80. The van der Waals surface area contributed by atoms with E-state index in [1.165, 1.54) is 4.90 Å². The number of carboxylic acid groups (broad SMARTS) is 1. The van der Waals surface area contributed by atoms with Gasteiger partial charge < -0.3 is 25.2 Å². The van der Waals surface area contributed by atoms with Crippen LogP contribution in [0.15, 0.2) is 48.5 Å². The number of amides is 2. The number of fused-ring (bicyclic) bond motifs is 3. The highest BCUT2D eigenvalue weighted by atomic mass is 16.5. The minimum absolute atomic E-state index is 0.0219. The molecule has 8 heteroatoms. The second-order valence-corrected chi connectivity index (χ2v) is 9.11. The Morgan fingerprint density at radius 2 is 1.68 bits per heavy atom. The first-order chi connectivity index (χ1) is 16.3. The maximum atomic E-state index is 12.7. The summed E-state index contributed by atoms with van der Waals surface area (Å²) in [7, 11) is 0. The van der Waals surface area contributed by atoms with Crippen molar-refractivity contribution in [2.24, 2.45) is 11.8 Å². The predicted molar refractivity (Wildman–Crippen MR) is 125 cm³/mol. The van der Waals surface area contributed by atoms with Crippen molar-refractivity contribution in [1.29, 1.82) is 0 Å². The van der Waals surface area contributed by atoms with E-state index < -0.39 is 30.0 Å². The Kier molecular flexibility index (Phi) is 7.17. The zero-order valence-corrected chi connectivity index (χ0v) is 19.1. The van der Waals surface area contributed by atoms with Crippen molar-refractivity contribution in [2.75, 3.05) is 26.2 Å². The van der Waals surface area contributed by atoms with Crippen LogP contribution in [-0.2, 0) is 14.3 Å². The summed E-state index contributed by atoms with van der Waals surface area (Å²) in [5.74, 6) is -2.45. The van der Waals surface area contributed by atoms with Gasteiger partial charge in [0, 0.05) is 31.5 Å². The number of nitrogens with one attached hydrogen (secondary N) is 1. The van der Waals surface area contributed by atoms with Gasteiger partial charge in [0.25, 0.3) is 0 Å². The lowest BCUT2D eigenvalue weighted by Gasteiger charge is -2.35. The Bertz CT molecular complexity index is 1030. The summed E-state index contributed by atoms with van der Waals surface area (Å²) in [6, 6.07) is 16.2. The van der Waals surface area contributed by atoms with Gasteiger partial charge in [0.05, 0.1) is 12.0 Å². The number of nitrogens with zero attached hydrogens (tertiary/aromatic N) is 1. The zero-order valence-electron chi connectivity index (χ0n) is 19.1. The molecule has 1 aliphatic carbocycles. The molecule has 2 aromatic carbocycles. The van der Waals surface area contributed by atoms with E-state index in [0.717, 1.165) is 22.3 Å². The summed E-state index contributed by atoms with van der Waals surface area (Å²) in [5.41, 5.74) is 4.60. The predicted octanol–water partition coefficient (Wildman–Crippen LogP) is 2.85. The number of likely N-dealkylation sites (tertiary alicyclic amines) is 1. The lowest BCUT2D eigenvalue weighted by atomic mass is 9.94. The molecule has 1 fully saturated rings. The van der Waals surface area contributed by atoms with Crippen LogP contribution >= 0.6 is 0 Å². The number of ether oxygens (including phenoxy) is 1. The number of rotatable bonds is 7. The molecule has 0 radical (unpaired) electrons. The molecule has 0 saturated carbocycles. The summed E-state index contributed by atoms with van der Waals surface area (Å²) < 4.78 is 5.51. The maximum Gasteiger partial charge on any atom is 0.407 e. The minimum atomic E-state index is -1.01. The molecule has 2 aliphatic rings. The van der Waals surface area contributed by atoms with Gasteiger partial charge in [0.15, 0.2) is 0 Å². The number of carbonyl (C=O) groups excluding carboxylic acids is 2. The van der Waals surface area contributed by atoms with Crippen LogP contribution in [0.4, 0.5) is 4.79 Å². The molecule has 8 nitrogen and oxygen atoms in total. The average Bonchev–Trinajstić information content (AvgIpc) is 3.15. The van der Waals surface area contributed by atoms with Crippen LogP contribution in [0.3, 0.4) is 0 Å². The Balaban J connectivity index is 1.25. The fourth-order valence-electron chi connectivity index (χ4n) is 4.91. The van der Waals surface area contributed by atoms with Gasteiger partial charge in [-0.25, -0.2) is 4.79 Å². The summed E-state index contributed by atoms with van der Waals surface area (Å²) >= 11 is 0. The SMILES string of the molecule is CC(CCNC(=O)OCC1c2ccccc2-c2ccccc21)C(=O)N1CC(O)CC(C(=O)O)C1. The average molecular weight is 467 g/mol. The van der Waals surface area contributed by atoms with E-state index in [0.29, 0.717) is 6.42 Å². The Morgan fingerprint density at radius 1 is 1.06 bits per heavy atom. The molecule has 3 N–H and O–H groups in total. The lowest BCUT2D eigenvalue weighted by Crippen LogP contribution is -2.50. The number of hydrogen-bond donors (Lipinski definition) is 3. The molecule has 3 unspecified atom stereocenters. The van der Waals surface area contributed by atoms with Crippen molar-refractivity contribution in [3.05, 3.63) is 59.7 Å². The van der Waals surface area contributed by atoms with Gasteiger partial charge in [0.2, 0.25) is 5.91 Å². The number of β-amino-alcohol motifs (C(OH)–C–C–N with tert-alkyl or cyclic N) is 1. The number of aliphatic carboxylic acids is 1. The number of carboxylic acids is 1. The molecule has 1 heterocycles. The largest absolute Gasteiger partial charge is 0.481 e. The van der Waals surface area contributed by atoms with Crippen LogP contribution in [0.1, 0.15) is 36.8 Å². The van der Waals surface area contributed by atoms with Gasteiger partial charge in [-0.3, -0.25) is 9.59 Å². The lowest BCUT2D eigenvalue weighted by molar-refractivity contribution is -0.150. The quantitative estimate of drug-likeness (QED) is 0.578. The van der Waals surface area contributed by atoms with Crippen LogP contribution in [0, 0.1) is 11.8 Å². The highest BCUT2D eigenvalue weighted by Crippen LogP contribution is 2.44. The second kappa shape index (κ2) is 10.3. The third kappa shape index (κ3) is 5.07. The summed E-state index contributed by atoms with van der Waals surface area (Å²) in [6.45, 7) is 2.43. The van der Waals surface area contributed by atoms with E-state index in [1.807, 2.05) is 24.3 Å². The van der Waals surface area contributed by atoms with Crippen molar-refractivity contribution in [1.82, 2.24) is 10.2 Å². The number of hydrogen-bond acceptors (Lipinski definition) is 5. The van der Waals surface area contributed by atoms with Crippen molar-refractivity contribution >= 4 is 18.0 Å². The van der Waals surface area contributed by atoms with Crippen LogP contribution < -0.4 is 5.32 Å². The molecule has 4 rings (SSSR count). The van der Waals surface area contributed by atoms with Gasteiger partial charge >= 0.3 is 12.1 Å². The molecule has 2 aromatic rings. The molecule has 3 atom stereocenters. The standard InChI is InChI=1S/C26H30N2O6/c1-16(24(30)28-13-17(25(31)32)12-18(29)14-28)10-11-27-26(33)34-15-23-21-8-4-2-6-19(21)20-7-3-5-9-22(20)23/h2-9,16-18,23,29H,10-15H2,1H3,(H,27,33)(H,31,32). The van der Waals surface area contributed by atoms with E-state index >= 15 is 0 Å². The third-order valence-electron chi connectivity index (χ3n) is 6.70. The highest BCUT2D eigenvalue weighted by Gasteiger charge is 2.34. The summed E-state index contributed by atoms with van der Waals surface area (Å²) in [4.78, 5) is 37.7. The smallest absolute Gasteiger partial charge is 0.407 e. The number of alkyl carbamates (subject to hydrolysis) is 1. The van der Waals surface area contributed by atoms with Crippen molar-refractivity contribution in [3.8, 4) is 11.1 Å². The van der Waals surface area contributed by atoms with Crippen LogP contribution in [0.5, 0.6) is 0 Å². The topological polar surface area (TPSA) is 116 Å². The first kappa shape index (κ1) is 23.8. The normalized spacial score (nSPS) is 20.2. The van der Waals surface area contributed by atoms with E-state index in [4.69, 9.17) is 4.74 Å². The van der Waals surface area contributed by atoms with E-state index in [9.17, 15) is 24.6 Å². The molecule has 1 aliphatic heterocycles. The minimum Gasteiger partial charge on any atom is -0.481 e. The molecular weight excluding hydrogens is 436 g/mol. The molecule has 34 heavy (non-hydrogen) atoms. The van der Waals surface area contributed by atoms with Crippen molar-refractivity contribution in [3.63, 3.8) is 0 Å². The van der Waals surface area contributed by atoms with Gasteiger partial charge in [-0.1, -0.05) is 55.5 Å². The molecule has 1 saturated heterocycles. The van der Waals surface area contributed by atoms with Gasteiger partial charge in [-0.05, 0) is 35.1 Å². The Morgan fingerprint density at radius 3 is 2.29 bits per heavy atom. The number of carbonyl (C=O) groups is 3. The number of aliphatic hydroxyl groups is 1. The molecular formula is C26H30N2O6. The van der Waals surface area contributed by atoms with E-state index in [-0.39, 0.29) is 44.5 Å². The molecule has 0 aromatic heterocycles.